The number of halogens is 1. The average Bonchev–Trinajstić information content (AvgIpc) is 2.66. The predicted octanol–water partition coefficient (Wildman–Crippen LogP) is 2.06. The van der Waals surface area contributed by atoms with Gasteiger partial charge in [0.25, 0.3) is 11.8 Å². The molecule has 0 unspecified atom stereocenters. The van der Waals surface area contributed by atoms with Crippen LogP contribution in [0.25, 0.3) is 0 Å². The minimum Gasteiger partial charge on any atom is -0.497 e. The molecule has 2 rings (SSSR count). The number of rotatable bonds is 5. The van der Waals surface area contributed by atoms with Crippen molar-refractivity contribution in [1.29, 1.82) is 0 Å². The van der Waals surface area contributed by atoms with Crippen molar-refractivity contribution in [3.63, 3.8) is 0 Å². The molecule has 0 heterocycles. The monoisotopic (exact) mass is 393 g/mol. The summed E-state index contributed by atoms with van der Waals surface area (Å²) in [4.78, 5) is 23.7. The summed E-state index contributed by atoms with van der Waals surface area (Å²) >= 11 is 10.7. The first kappa shape index (κ1) is 19.5. The molecule has 2 aromatic rings. The van der Waals surface area contributed by atoms with Crippen LogP contribution in [0, 0.1) is 0 Å². The Labute approximate surface area is 160 Å². The van der Waals surface area contributed by atoms with Gasteiger partial charge in [-0.05, 0) is 60.7 Å². The van der Waals surface area contributed by atoms with Crippen molar-refractivity contribution < 1.29 is 19.1 Å². The van der Waals surface area contributed by atoms with Crippen molar-refractivity contribution in [3.05, 3.63) is 59.1 Å². The smallest absolute Gasteiger partial charge is 0.276 e. The highest BCUT2D eigenvalue weighted by atomic mass is 35.5. The van der Waals surface area contributed by atoms with Crippen LogP contribution in [0.5, 0.6) is 11.5 Å². The van der Waals surface area contributed by atoms with E-state index < -0.39 is 11.8 Å². The molecule has 0 saturated carbocycles. The van der Waals surface area contributed by atoms with Gasteiger partial charge in [0.2, 0.25) is 0 Å². The van der Waals surface area contributed by atoms with Crippen LogP contribution in [0.3, 0.4) is 0 Å². The van der Waals surface area contributed by atoms with E-state index in [1.54, 1.807) is 48.5 Å². The van der Waals surface area contributed by atoms with Crippen molar-refractivity contribution >= 4 is 40.7 Å². The lowest BCUT2D eigenvalue weighted by Gasteiger charge is -2.11. The highest BCUT2D eigenvalue weighted by Crippen LogP contribution is 2.15. The van der Waals surface area contributed by atoms with Gasteiger partial charge in [-0.25, -0.2) is 0 Å². The zero-order valence-corrected chi connectivity index (χ0v) is 15.3. The van der Waals surface area contributed by atoms with Gasteiger partial charge in [0.1, 0.15) is 11.5 Å². The van der Waals surface area contributed by atoms with E-state index in [2.05, 4.69) is 16.2 Å². The number of carbonyl (C=O) groups is 2. The number of nitrogens with one attached hydrogen (secondary N) is 3. The molecule has 2 aromatic carbocycles. The molecule has 0 aliphatic carbocycles. The molecule has 0 aliphatic rings. The molecule has 0 atom stereocenters. The zero-order chi connectivity index (χ0) is 18.9. The molecule has 3 N–H and O–H groups in total. The average molecular weight is 394 g/mol. The molecule has 0 aliphatic heterocycles. The molecular formula is C17H16ClN3O4S. The van der Waals surface area contributed by atoms with Crippen molar-refractivity contribution in [2.45, 2.75) is 0 Å². The van der Waals surface area contributed by atoms with Gasteiger partial charge < -0.3 is 9.47 Å². The first-order valence-corrected chi connectivity index (χ1v) is 8.19. The molecule has 0 saturated heterocycles. The van der Waals surface area contributed by atoms with E-state index >= 15 is 0 Å². The van der Waals surface area contributed by atoms with E-state index in [4.69, 9.17) is 33.3 Å². The van der Waals surface area contributed by atoms with E-state index in [1.165, 1.54) is 7.11 Å². The molecule has 0 aromatic heterocycles. The molecule has 2 amide bonds. The molecule has 9 heteroatoms. The zero-order valence-electron chi connectivity index (χ0n) is 13.7. The number of carbonyl (C=O) groups excluding carboxylic acids is 2. The summed E-state index contributed by atoms with van der Waals surface area (Å²) in [6.45, 7) is -0.232. The van der Waals surface area contributed by atoms with E-state index in [9.17, 15) is 9.59 Å². The lowest BCUT2D eigenvalue weighted by Crippen LogP contribution is -2.49. The Balaban J connectivity index is 1.72. The van der Waals surface area contributed by atoms with Crippen LogP contribution in [-0.2, 0) is 4.79 Å². The van der Waals surface area contributed by atoms with Crippen LogP contribution in [-0.4, -0.2) is 30.6 Å². The number of ether oxygens (including phenoxy) is 2. The number of thiocarbonyl (C=S) groups is 1. The summed E-state index contributed by atoms with van der Waals surface area (Å²) in [5.41, 5.74) is 5.14. The summed E-state index contributed by atoms with van der Waals surface area (Å²) in [5, 5.41) is 2.96. The third kappa shape index (κ3) is 6.23. The standard InChI is InChI=1S/C17H16ClN3O4S/c1-24-13-6-2-11(3-7-13)16(23)19-17(26)21-20-15(22)10-25-14-8-4-12(18)5-9-14/h2-9H,10H2,1H3,(H,20,22)(H2,19,21,23,26). The quantitative estimate of drug-likeness (QED) is 0.532. The Hall–Kier alpha value is -2.84. The fourth-order valence-electron chi connectivity index (χ4n) is 1.79. The molecule has 7 nitrogen and oxygen atoms in total. The first-order valence-electron chi connectivity index (χ1n) is 7.40. The van der Waals surface area contributed by atoms with Crippen molar-refractivity contribution in [1.82, 2.24) is 16.2 Å². The normalized spacial score (nSPS) is 9.77. The van der Waals surface area contributed by atoms with Gasteiger partial charge in [-0.2, -0.15) is 0 Å². The van der Waals surface area contributed by atoms with Gasteiger partial charge in [-0.3, -0.25) is 25.8 Å². The maximum atomic E-state index is 12.0. The number of hydrogen-bond acceptors (Lipinski definition) is 5. The Morgan fingerprint density at radius 1 is 1.00 bits per heavy atom. The van der Waals surface area contributed by atoms with Gasteiger partial charge in [0.15, 0.2) is 11.7 Å². The van der Waals surface area contributed by atoms with Crippen molar-refractivity contribution in [2.75, 3.05) is 13.7 Å². The van der Waals surface area contributed by atoms with Gasteiger partial charge in [0.05, 0.1) is 7.11 Å². The number of hydrazine groups is 1. The van der Waals surface area contributed by atoms with Gasteiger partial charge in [-0.15, -0.1) is 0 Å². The summed E-state index contributed by atoms with van der Waals surface area (Å²) in [5.74, 6) is 0.243. The Morgan fingerprint density at radius 3 is 2.23 bits per heavy atom. The maximum absolute atomic E-state index is 12.0. The second-order valence-electron chi connectivity index (χ2n) is 4.93. The molecular weight excluding hydrogens is 378 g/mol. The largest absolute Gasteiger partial charge is 0.497 e. The second kappa shape index (κ2) is 9.59. The first-order chi connectivity index (χ1) is 12.5. The van der Waals surface area contributed by atoms with Gasteiger partial charge in [0, 0.05) is 10.6 Å². The molecule has 0 radical (unpaired) electrons. The molecule has 26 heavy (non-hydrogen) atoms. The minimum absolute atomic E-state index is 0.0503. The third-order valence-electron chi connectivity index (χ3n) is 3.08. The lowest BCUT2D eigenvalue weighted by atomic mass is 10.2. The summed E-state index contributed by atoms with van der Waals surface area (Å²) in [7, 11) is 1.54. The van der Waals surface area contributed by atoms with Gasteiger partial charge in [-0.1, -0.05) is 11.6 Å². The van der Waals surface area contributed by atoms with Crippen LogP contribution in [0.1, 0.15) is 10.4 Å². The Morgan fingerprint density at radius 2 is 1.62 bits per heavy atom. The fraction of sp³-hybridized carbons (Fsp3) is 0.118. The Kier molecular flexibility index (Phi) is 7.19. The molecule has 136 valence electrons. The van der Waals surface area contributed by atoms with Crippen LogP contribution >= 0.6 is 23.8 Å². The number of benzene rings is 2. The summed E-state index contributed by atoms with van der Waals surface area (Å²) < 4.78 is 10.3. The topological polar surface area (TPSA) is 88.7 Å². The van der Waals surface area contributed by atoms with Crippen LogP contribution in [0.4, 0.5) is 0 Å². The van der Waals surface area contributed by atoms with Crippen LogP contribution in [0.2, 0.25) is 5.02 Å². The summed E-state index contributed by atoms with van der Waals surface area (Å²) in [6, 6.07) is 13.1. The van der Waals surface area contributed by atoms with E-state index in [0.717, 1.165) is 0 Å². The highest BCUT2D eigenvalue weighted by molar-refractivity contribution is 7.80. The lowest BCUT2D eigenvalue weighted by molar-refractivity contribution is -0.123. The van der Waals surface area contributed by atoms with E-state index in [-0.39, 0.29) is 11.7 Å². The second-order valence-corrected chi connectivity index (χ2v) is 5.77. The summed E-state index contributed by atoms with van der Waals surface area (Å²) in [6.07, 6.45) is 0. The minimum atomic E-state index is -0.471. The molecule has 0 fully saturated rings. The van der Waals surface area contributed by atoms with Crippen LogP contribution in [0.15, 0.2) is 48.5 Å². The number of amides is 2. The third-order valence-corrected chi connectivity index (χ3v) is 3.53. The van der Waals surface area contributed by atoms with Crippen LogP contribution < -0.4 is 25.6 Å². The number of methoxy groups -OCH3 is 1. The Bertz CT molecular complexity index is 782. The highest BCUT2D eigenvalue weighted by Gasteiger charge is 2.09. The van der Waals surface area contributed by atoms with Crippen molar-refractivity contribution in [2.24, 2.45) is 0 Å². The van der Waals surface area contributed by atoms with E-state index in [1.807, 2.05) is 0 Å². The molecule has 0 bridgehead atoms. The SMILES string of the molecule is COc1ccc(C(=O)NC(=S)NNC(=O)COc2ccc(Cl)cc2)cc1. The maximum Gasteiger partial charge on any atom is 0.276 e. The van der Waals surface area contributed by atoms with Gasteiger partial charge >= 0.3 is 0 Å². The fourth-order valence-corrected chi connectivity index (χ4v) is 2.06. The predicted molar refractivity (Wildman–Crippen MR) is 101 cm³/mol. The van der Waals surface area contributed by atoms with E-state index in [0.29, 0.717) is 22.1 Å². The number of hydrogen-bond donors (Lipinski definition) is 3. The molecule has 0 spiro atoms. The van der Waals surface area contributed by atoms with Crippen molar-refractivity contribution in [3.8, 4) is 11.5 Å².